The lowest BCUT2D eigenvalue weighted by Gasteiger charge is -2.36. The molecule has 150 valence electrons. The van der Waals surface area contributed by atoms with E-state index in [1.807, 2.05) is 49.8 Å². The number of benzene rings is 1. The summed E-state index contributed by atoms with van der Waals surface area (Å²) in [7, 11) is 1.90. The molecule has 0 amide bonds. The van der Waals surface area contributed by atoms with Gasteiger partial charge in [-0.05, 0) is 43.1 Å². The van der Waals surface area contributed by atoms with Crippen molar-refractivity contribution in [3.8, 4) is 11.1 Å². The molecule has 1 aromatic carbocycles. The minimum Gasteiger partial charge on any atom is -0.373 e. The van der Waals surface area contributed by atoms with E-state index in [0.717, 1.165) is 48.6 Å². The molecular weight excluding hydrogens is 384 g/mol. The Balaban J connectivity index is 1.73. The van der Waals surface area contributed by atoms with Crippen LogP contribution in [0.2, 0.25) is 5.02 Å². The van der Waals surface area contributed by atoms with Gasteiger partial charge in [-0.1, -0.05) is 36.2 Å². The number of anilines is 2. The van der Waals surface area contributed by atoms with Crippen molar-refractivity contribution in [2.24, 2.45) is 0 Å². The summed E-state index contributed by atoms with van der Waals surface area (Å²) >= 11 is 6.24. The number of pyridine rings is 1. The van der Waals surface area contributed by atoms with Gasteiger partial charge in [0.2, 0.25) is 5.95 Å². The highest BCUT2D eigenvalue weighted by molar-refractivity contribution is 6.30. The summed E-state index contributed by atoms with van der Waals surface area (Å²) in [5.41, 5.74) is 10.1. The smallest absolute Gasteiger partial charge is 0.220 e. The van der Waals surface area contributed by atoms with Crippen LogP contribution < -0.4 is 11.1 Å². The second-order valence-corrected chi connectivity index (χ2v) is 7.72. The van der Waals surface area contributed by atoms with Crippen molar-refractivity contribution in [3.05, 3.63) is 65.1 Å². The molecule has 4 rings (SSSR count). The molecule has 1 atom stereocenters. The van der Waals surface area contributed by atoms with Crippen molar-refractivity contribution in [2.75, 3.05) is 24.6 Å². The Morgan fingerprint density at radius 2 is 2.10 bits per heavy atom. The fraction of sp³-hybridized carbons (Fsp3) is 0.318. The van der Waals surface area contributed by atoms with Crippen LogP contribution in [0.3, 0.4) is 0 Å². The largest absolute Gasteiger partial charge is 0.373 e. The number of nitrogen functional groups attached to an aromatic ring is 1. The van der Waals surface area contributed by atoms with Crippen LogP contribution >= 0.6 is 11.6 Å². The summed E-state index contributed by atoms with van der Waals surface area (Å²) in [5.74, 6) is 1.21. The van der Waals surface area contributed by atoms with Crippen LogP contribution in [-0.4, -0.2) is 33.4 Å². The number of nitrogens with two attached hydrogens (primary N) is 1. The van der Waals surface area contributed by atoms with E-state index in [0.29, 0.717) is 11.0 Å². The lowest BCUT2D eigenvalue weighted by molar-refractivity contribution is 0.138. The molecule has 6 nitrogen and oxygen atoms in total. The summed E-state index contributed by atoms with van der Waals surface area (Å²) in [6, 6.07) is 12.1. The first kappa shape index (κ1) is 19.6. The highest BCUT2D eigenvalue weighted by atomic mass is 35.5. The van der Waals surface area contributed by atoms with Crippen molar-refractivity contribution in [2.45, 2.75) is 31.8 Å². The Morgan fingerprint density at radius 1 is 1.21 bits per heavy atom. The van der Waals surface area contributed by atoms with Gasteiger partial charge < -0.3 is 11.1 Å². The molecule has 0 spiro atoms. The van der Waals surface area contributed by atoms with Crippen molar-refractivity contribution in [1.82, 2.24) is 19.9 Å². The SMILES string of the molecule is CNc1ncccc1CN1CCCC[C@@H]1c1nc(N)ncc1-c1cccc(Cl)c1. The zero-order chi connectivity index (χ0) is 20.2. The Bertz CT molecular complexity index is 993. The third kappa shape index (κ3) is 4.33. The normalized spacial score (nSPS) is 17.2. The van der Waals surface area contributed by atoms with E-state index in [1.165, 1.54) is 12.0 Å². The maximum atomic E-state index is 6.24. The van der Waals surface area contributed by atoms with E-state index in [9.17, 15) is 0 Å². The molecule has 0 bridgehead atoms. The molecule has 3 aromatic rings. The first-order chi connectivity index (χ1) is 14.2. The average molecular weight is 409 g/mol. The van der Waals surface area contributed by atoms with E-state index >= 15 is 0 Å². The molecule has 1 saturated heterocycles. The predicted octanol–water partition coefficient (Wildman–Crippen LogP) is 4.54. The number of hydrogen-bond acceptors (Lipinski definition) is 6. The van der Waals surface area contributed by atoms with Gasteiger partial charge in [-0.3, -0.25) is 4.90 Å². The van der Waals surface area contributed by atoms with E-state index in [2.05, 4.69) is 31.2 Å². The molecular formula is C22H25ClN6. The standard InChI is InChI=1S/C22H25ClN6/c1-25-21-16(7-5-10-26-21)14-29-11-3-2-9-19(29)20-18(13-27-22(24)28-20)15-6-4-8-17(23)12-15/h4-8,10,12-13,19H,2-3,9,11,14H2,1H3,(H,25,26)(H2,24,27,28)/t19-/m1/s1. The first-order valence-electron chi connectivity index (χ1n) is 9.89. The fourth-order valence-corrected chi connectivity index (χ4v) is 4.23. The molecule has 1 aliphatic rings. The number of likely N-dealkylation sites (tertiary alicyclic amines) is 1. The molecule has 0 radical (unpaired) electrons. The molecule has 1 fully saturated rings. The highest BCUT2D eigenvalue weighted by Crippen LogP contribution is 2.37. The molecule has 3 N–H and O–H groups in total. The second-order valence-electron chi connectivity index (χ2n) is 7.28. The maximum Gasteiger partial charge on any atom is 0.220 e. The number of aromatic nitrogens is 3. The van der Waals surface area contributed by atoms with E-state index in [-0.39, 0.29) is 6.04 Å². The Kier molecular flexibility index (Phi) is 5.92. The van der Waals surface area contributed by atoms with Crippen LogP contribution in [-0.2, 0) is 6.54 Å². The number of rotatable bonds is 5. The minimum atomic E-state index is 0.160. The van der Waals surface area contributed by atoms with Gasteiger partial charge in [0.25, 0.3) is 0 Å². The molecule has 3 heterocycles. The minimum absolute atomic E-state index is 0.160. The van der Waals surface area contributed by atoms with Gasteiger partial charge in [0.15, 0.2) is 0 Å². The summed E-state index contributed by atoms with van der Waals surface area (Å²) in [4.78, 5) is 15.9. The summed E-state index contributed by atoms with van der Waals surface area (Å²) in [5, 5.41) is 3.89. The quantitative estimate of drug-likeness (QED) is 0.645. The monoisotopic (exact) mass is 408 g/mol. The van der Waals surface area contributed by atoms with Gasteiger partial charge >= 0.3 is 0 Å². The lowest BCUT2D eigenvalue weighted by Crippen LogP contribution is -2.34. The maximum absolute atomic E-state index is 6.24. The van der Waals surface area contributed by atoms with Crippen molar-refractivity contribution < 1.29 is 0 Å². The summed E-state index contributed by atoms with van der Waals surface area (Å²) in [6.45, 7) is 1.80. The van der Waals surface area contributed by atoms with Crippen LogP contribution in [0, 0.1) is 0 Å². The Hall–Kier alpha value is -2.70. The molecule has 0 unspecified atom stereocenters. The fourth-order valence-electron chi connectivity index (χ4n) is 4.04. The van der Waals surface area contributed by atoms with Crippen LogP contribution in [0.5, 0.6) is 0 Å². The third-order valence-corrected chi connectivity index (χ3v) is 5.64. The second kappa shape index (κ2) is 8.76. The van der Waals surface area contributed by atoms with Gasteiger partial charge in [0, 0.05) is 42.1 Å². The van der Waals surface area contributed by atoms with Gasteiger partial charge in [-0.15, -0.1) is 0 Å². The highest BCUT2D eigenvalue weighted by Gasteiger charge is 2.28. The van der Waals surface area contributed by atoms with Crippen molar-refractivity contribution >= 4 is 23.4 Å². The first-order valence-corrected chi connectivity index (χ1v) is 10.3. The number of halogens is 1. The van der Waals surface area contributed by atoms with Crippen LogP contribution in [0.1, 0.15) is 36.6 Å². The summed E-state index contributed by atoms with van der Waals surface area (Å²) < 4.78 is 0. The number of piperidine rings is 1. The van der Waals surface area contributed by atoms with Gasteiger partial charge in [-0.2, -0.15) is 0 Å². The van der Waals surface area contributed by atoms with E-state index in [4.69, 9.17) is 17.3 Å². The molecule has 1 aliphatic heterocycles. The van der Waals surface area contributed by atoms with Gasteiger partial charge in [0.05, 0.1) is 11.7 Å². The zero-order valence-corrected chi connectivity index (χ0v) is 17.2. The van der Waals surface area contributed by atoms with Gasteiger partial charge in [0.1, 0.15) is 5.82 Å². The van der Waals surface area contributed by atoms with Crippen LogP contribution in [0.4, 0.5) is 11.8 Å². The average Bonchev–Trinajstić information content (AvgIpc) is 2.74. The van der Waals surface area contributed by atoms with Crippen LogP contribution in [0.25, 0.3) is 11.1 Å². The Morgan fingerprint density at radius 3 is 2.93 bits per heavy atom. The van der Waals surface area contributed by atoms with Crippen molar-refractivity contribution in [1.29, 1.82) is 0 Å². The molecule has 0 aliphatic carbocycles. The molecule has 7 heteroatoms. The van der Waals surface area contributed by atoms with Gasteiger partial charge in [-0.25, -0.2) is 15.0 Å². The van der Waals surface area contributed by atoms with E-state index < -0.39 is 0 Å². The van der Waals surface area contributed by atoms with Crippen molar-refractivity contribution in [3.63, 3.8) is 0 Å². The number of hydrogen-bond donors (Lipinski definition) is 2. The number of nitrogens with one attached hydrogen (secondary N) is 1. The molecule has 0 saturated carbocycles. The number of nitrogens with zero attached hydrogens (tertiary/aromatic N) is 4. The van der Waals surface area contributed by atoms with E-state index in [1.54, 1.807) is 0 Å². The molecule has 29 heavy (non-hydrogen) atoms. The summed E-state index contributed by atoms with van der Waals surface area (Å²) in [6.07, 6.45) is 6.98. The van der Waals surface area contributed by atoms with Crippen LogP contribution in [0.15, 0.2) is 48.8 Å². The zero-order valence-electron chi connectivity index (χ0n) is 16.5. The topological polar surface area (TPSA) is 80.0 Å². The lowest BCUT2D eigenvalue weighted by atomic mass is 9.93. The molecule has 2 aromatic heterocycles. The predicted molar refractivity (Wildman–Crippen MR) is 118 cm³/mol. The third-order valence-electron chi connectivity index (χ3n) is 5.40. The Labute approximate surface area is 176 Å².